The van der Waals surface area contributed by atoms with E-state index in [1.54, 1.807) is 13.1 Å². The van der Waals surface area contributed by atoms with Crippen molar-refractivity contribution >= 4 is 11.6 Å². The van der Waals surface area contributed by atoms with E-state index in [1.165, 1.54) is 23.2 Å². The summed E-state index contributed by atoms with van der Waals surface area (Å²) in [4.78, 5) is 3.85. The van der Waals surface area contributed by atoms with Gasteiger partial charge in [0, 0.05) is 31.5 Å². The first kappa shape index (κ1) is 14.3. The van der Waals surface area contributed by atoms with E-state index >= 15 is 0 Å². The average molecular weight is 315 g/mol. The van der Waals surface area contributed by atoms with Crippen LogP contribution in [0.1, 0.15) is 30.3 Å². The zero-order valence-electron chi connectivity index (χ0n) is 11.2. The number of aromatic nitrogens is 4. The molecule has 2 aromatic rings. The van der Waals surface area contributed by atoms with E-state index in [2.05, 4.69) is 15.2 Å². The van der Waals surface area contributed by atoms with E-state index in [1.807, 2.05) is 0 Å². The smallest absolute Gasteiger partial charge is 0.250 e. The standard InChI is InChI=1S/C13H13ClF2N4O/c1-20-7-18-19-11(20)10(21)12(5-13(15,16)6-12)8-2-3-17-9(14)4-8/h2-4,7,10,21H,5-6H2,1H3. The topological polar surface area (TPSA) is 63.8 Å². The maximum Gasteiger partial charge on any atom is 0.250 e. The van der Waals surface area contributed by atoms with Gasteiger partial charge < -0.3 is 9.67 Å². The van der Waals surface area contributed by atoms with Gasteiger partial charge in [-0.3, -0.25) is 0 Å². The molecule has 3 rings (SSSR count). The maximum absolute atomic E-state index is 13.5. The van der Waals surface area contributed by atoms with Gasteiger partial charge in [-0.2, -0.15) is 0 Å². The van der Waals surface area contributed by atoms with Crippen LogP contribution in [0.2, 0.25) is 5.15 Å². The molecule has 1 N–H and O–H groups in total. The van der Waals surface area contributed by atoms with Crippen molar-refractivity contribution in [1.29, 1.82) is 0 Å². The van der Waals surface area contributed by atoms with Crippen molar-refractivity contribution in [1.82, 2.24) is 19.7 Å². The molecule has 1 saturated carbocycles. The van der Waals surface area contributed by atoms with E-state index < -0.39 is 30.3 Å². The molecule has 21 heavy (non-hydrogen) atoms. The van der Waals surface area contributed by atoms with Gasteiger partial charge in [-0.15, -0.1) is 10.2 Å². The van der Waals surface area contributed by atoms with Gasteiger partial charge in [-0.05, 0) is 17.7 Å². The van der Waals surface area contributed by atoms with Crippen LogP contribution in [0.15, 0.2) is 24.7 Å². The minimum absolute atomic E-state index is 0.201. The third-order valence-corrected chi connectivity index (χ3v) is 4.17. The van der Waals surface area contributed by atoms with Crippen LogP contribution in [-0.2, 0) is 12.5 Å². The van der Waals surface area contributed by atoms with Gasteiger partial charge in [-0.1, -0.05) is 11.6 Å². The highest BCUT2D eigenvalue weighted by Gasteiger charge is 2.62. The number of hydrogen-bond acceptors (Lipinski definition) is 4. The van der Waals surface area contributed by atoms with Crippen LogP contribution in [0.3, 0.4) is 0 Å². The monoisotopic (exact) mass is 314 g/mol. The Balaban J connectivity index is 2.05. The van der Waals surface area contributed by atoms with Gasteiger partial charge in [0.15, 0.2) is 5.82 Å². The highest BCUT2D eigenvalue weighted by atomic mass is 35.5. The summed E-state index contributed by atoms with van der Waals surface area (Å²) >= 11 is 5.85. The molecule has 0 saturated heterocycles. The molecule has 0 aromatic carbocycles. The van der Waals surface area contributed by atoms with Crippen molar-refractivity contribution in [2.45, 2.75) is 30.3 Å². The molecular weight excluding hydrogens is 302 g/mol. The summed E-state index contributed by atoms with van der Waals surface area (Å²) in [5.41, 5.74) is -0.597. The normalized spacial score (nSPS) is 20.8. The van der Waals surface area contributed by atoms with Gasteiger partial charge in [0.1, 0.15) is 17.6 Å². The van der Waals surface area contributed by atoms with Crippen molar-refractivity contribution in [2.75, 3.05) is 0 Å². The summed E-state index contributed by atoms with van der Waals surface area (Å²) in [5, 5.41) is 18.3. The van der Waals surface area contributed by atoms with E-state index in [0.29, 0.717) is 5.56 Å². The van der Waals surface area contributed by atoms with Crippen LogP contribution >= 0.6 is 11.6 Å². The fraction of sp³-hybridized carbons (Fsp3) is 0.462. The number of aryl methyl sites for hydroxylation is 1. The minimum atomic E-state index is -2.81. The Morgan fingerprint density at radius 1 is 1.43 bits per heavy atom. The fourth-order valence-electron chi connectivity index (χ4n) is 2.93. The average Bonchev–Trinajstić information content (AvgIpc) is 2.80. The summed E-state index contributed by atoms with van der Waals surface area (Å²) in [6, 6.07) is 3.11. The lowest BCUT2D eigenvalue weighted by Crippen LogP contribution is -2.53. The molecule has 0 spiro atoms. The Bertz CT molecular complexity index is 668. The van der Waals surface area contributed by atoms with Crippen LogP contribution in [0.25, 0.3) is 0 Å². The highest BCUT2D eigenvalue weighted by Crippen LogP contribution is 2.59. The molecule has 2 aromatic heterocycles. The molecule has 0 amide bonds. The Labute approximate surface area is 124 Å². The first-order valence-electron chi connectivity index (χ1n) is 6.36. The lowest BCUT2D eigenvalue weighted by Gasteiger charge is -2.50. The number of rotatable bonds is 3. The minimum Gasteiger partial charge on any atom is -0.384 e. The Morgan fingerprint density at radius 2 is 2.14 bits per heavy atom. The summed E-state index contributed by atoms with van der Waals surface area (Å²) < 4.78 is 28.6. The molecule has 1 unspecified atom stereocenters. The number of nitrogens with zero attached hydrogens (tertiary/aromatic N) is 4. The van der Waals surface area contributed by atoms with Gasteiger partial charge in [-0.25, -0.2) is 13.8 Å². The van der Waals surface area contributed by atoms with Crippen molar-refractivity contribution in [3.63, 3.8) is 0 Å². The van der Waals surface area contributed by atoms with Gasteiger partial charge in [0.25, 0.3) is 0 Å². The van der Waals surface area contributed by atoms with Crippen LogP contribution in [-0.4, -0.2) is 30.8 Å². The largest absolute Gasteiger partial charge is 0.384 e. The quantitative estimate of drug-likeness (QED) is 0.883. The first-order chi connectivity index (χ1) is 9.84. The molecule has 5 nitrogen and oxygen atoms in total. The SMILES string of the molecule is Cn1cnnc1C(O)C1(c2ccnc(Cl)c2)CC(F)(F)C1. The van der Waals surface area contributed by atoms with E-state index in [4.69, 9.17) is 11.6 Å². The van der Waals surface area contributed by atoms with Crippen LogP contribution in [0.4, 0.5) is 8.78 Å². The zero-order valence-corrected chi connectivity index (χ0v) is 11.9. The Kier molecular flexibility index (Phi) is 3.22. The third-order valence-electron chi connectivity index (χ3n) is 3.96. The number of aliphatic hydroxyl groups excluding tert-OH is 1. The van der Waals surface area contributed by atoms with Gasteiger partial charge in [0.2, 0.25) is 5.92 Å². The van der Waals surface area contributed by atoms with E-state index in [0.717, 1.165) is 0 Å². The molecule has 0 bridgehead atoms. The lowest BCUT2D eigenvalue weighted by molar-refractivity contribution is -0.164. The van der Waals surface area contributed by atoms with Crippen LogP contribution in [0, 0.1) is 0 Å². The number of aliphatic hydroxyl groups is 1. The van der Waals surface area contributed by atoms with Gasteiger partial charge >= 0.3 is 0 Å². The molecule has 1 atom stereocenters. The number of alkyl halides is 2. The van der Waals surface area contributed by atoms with Crippen molar-refractivity contribution in [2.24, 2.45) is 7.05 Å². The predicted octanol–water partition coefficient (Wildman–Crippen LogP) is 2.26. The van der Waals surface area contributed by atoms with Crippen molar-refractivity contribution < 1.29 is 13.9 Å². The second kappa shape index (κ2) is 4.71. The first-order valence-corrected chi connectivity index (χ1v) is 6.74. The van der Waals surface area contributed by atoms with Gasteiger partial charge in [0.05, 0.1) is 0 Å². The number of hydrogen-bond donors (Lipinski definition) is 1. The summed E-state index contributed by atoms with van der Waals surface area (Å²) in [6.07, 6.45) is 0.744. The molecule has 8 heteroatoms. The maximum atomic E-state index is 13.5. The molecule has 1 aliphatic carbocycles. The fourth-order valence-corrected chi connectivity index (χ4v) is 3.10. The molecule has 1 aliphatic rings. The summed E-state index contributed by atoms with van der Waals surface area (Å²) in [7, 11) is 1.66. The summed E-state index contributed by atoms with van der Waals surface area (Å²) in [6.45, 7) is 0. The highest BCUT2D eigenvalue weighted by molar-refractivity contribution is 6.29. The third kappa shape index (κ3) is 2.30. The second-order valence-electron chi connectivity index (χ2n) is 5.44. The summed E-state index contributed by atoms with van der Waals surface area (Å²) in [5.74, 6) is -2.56. The van der Waals surface area contributed by atoms with Crippen LogP contribution < -0.4 is 0 Å². The number of halogens is 3. The van der Waals surface area contributed by atoms with E-state index in [-0.39, 0.29) is 11.0 Å². The van der Waals surface area contributed by atoms with Crippen LogP contribution in [0.5, 0.6) is 0 Å². The predicted molar refractivity (Wildman–Crippen MR) is 71.1 cm³/mol. The molecular formula is C13H13ClF2N4O. The lowest BCUT2D eigenvalue weighted by atomic mass is 9.59. The molecule has 0 radical (unpaired) electrons. The second-order valence-corrected chi connectivity index (χ2v) is 5.82. The molecule has 112 valence electrons. The molecule has 1 fully saturated rings. The van der Waals surface area contributed by atoms with E-state index in [9.17, 15) is 13.9 Å². The Hall–Kier alpha value is -1.60. The molecule has 0 aliphatic heterocycles. The zero-order chi connectivity index (χ0) is 15.3. The Morgan fingerprint density at radius 3 is 2.67 bits per heavy atom. The number of pyridine rings is 1. The van der Waals surface area contributed by atoms with Crippen molar-refractivity contribution in [3.8, 4) is 0 Å². The molecule has 2 heterocycles. The van der Waals surface area contributed by atoms with Crippen molar-refractivity contribution in [3.05, 3.63) is 41.2 Å².